The number of hydrazone groups is 2. The van der Waals surface area contributed by atoms with Crippen molar-refractivity contribution in [3.8, 4) is 0 Å². The summed E-state index contributed by atoms with van der Waals surface area (Å²) in [7, 11) is 11.9. The van der Waals surface area contributed by atoms with E-state index in [2.05, 4.69) is 106 Å². The van der Waals surface area contributed by atoms with Crippen LogP contribution in [0.5, 0.6) is 0 Å². The molecule has 0 atom stereocenters. The smallest absolute Gasteiger partial charge is 0.0962 e. The van der Waals surface area contributed by atoms with Gasteiger partial charge in [-0.15, -0.1) is 40.0 Å². The molecule has 8 rings (SSSR count). The first-order chi connectivity index (χ1) is 21.3. The molecule has 6 aliphatic rings. The molecular formula is C30H38Ir3N14-6. The number of hydrogen-bond donors (Lipinski definition) is 0. The number of hydrogen-bond acceptors (Lipinski definition) is 14. The summed E-state index contributed by atoms with van der Waals surface area (Å²) in [5.74, 6) is 0. The average Bonchev–Trinajstić information content (AvgIpc) is 3.87. The first-order valence-electron chi connectivity index (χ1n) is 14.1. The molecule has 0 aromatic heterocycles. The van der Waals surface area contributed by atoms with Gasteiger partial charge in [-0.25, -0.2) is 0 Å². The van der Waals surface area contributed by atoms with Gasteiger partial charge in [-0.1, -0.05) is 24.3 Å². The van der Waals surface area contributed by atoms with Crippen LogP contribution in [-0.2, 0) is 60.3 Å². The molecule has 47 heavy (non-hydrogen) atoms. The number of fused-ring (bicyclic) bond motifs is 2. The molecule has 0 unspecified atom stereocenters. The Bertz CT molecular complexity index is 1270. The van der Waals surface area contributed by atoms with Crippen molar-refractivity contribution in [2.75, 3.05) is 62.1 Å². The van der Waals surface area contributed by atoms with E-state index in [1.807, 2.05) is 110 Å². The van der Waals surface area contributed by atoms with Crippen molar-refractivity contribution >= 4 is 35.4 Å². The molecule has 0 spiro atoms. The Morgan fingerprint density at radius 2 is 0.787 bits per heavy atom. The average molecular weight is 1170 g/mol. The van der Waals surface area contributed by atoms with Crippen LogP contribution in [0.25, 0.3) is 0 Å². The Morgan fingerprint density at radius 1 is 0.426 bits per heavy atom. The largest absolute Gasteiger partial charge is 0.509 e. The predicted molar refractivity (Wildman–Crippen MR) is 174 cm³/mol. The summed E-state index contributed by atoms with van der Waals surface area (Å²) in [6.07, 6.45) is 11.4. The number of para-hydroxylation sites is 4. The zero-order valence-corrected chi connectivity index (χ0v) is 34.0. The quantitative estimate of drug-likeness (QED) is 0.425. The summed E-state index contributed by atoms with van der Waals surface area (Å²) < 4.78 is 0. The van der Waals surface area contributed by atoms with Gasteiger partial charge in [-0.3, -0.25) is 0 Å². The number of benzene rings is 2. The summed E-state index contributed by atoms with van der Waals surface area (Å²) in [6, 6.07) is 16.8. The van der Waals surface area contributed by atoms with Gasteiger partial charge in [0, 0.05) is 95.5 Å². The minimum absolute atomic E-state index is 0. The van der Waals surface area contributed by atoms with Crippen LogP contribution in [0.15, 0.2) is 83.5 Å². The van der Waals surface area contributed by atoms with E-state index in [1.165, 1.54) is 22.7 Å². The van der Waals surface area contributed by atoms with Gasteiger partial charge >= 0.3 is 0 Å². The van der Waals surface area contributed by atoms with Crippen LogP contribution in [0.1, 0.15) is 0 Å². The van der Waals surface area contributed by atoms with E-state index < -0.39 is 0 Å². The summed E-state index contributed by atoms with van der Waals surface area (Å²) in [4.78, 5) is 8.29. The molecular weight excluding hydrogens is 1130 g/mol. The molecule has 261 valence electrons. The van der Waals surface area contributed by atoms with Crippen molar-refractivity contribution in [1.29, 1.82) is 0 Å². The third kappa shape index (κ3) is 8.65. The van der Waals surface area contributed by atoms with Gasteiger partial charge in [0.2, 0.25) is 0 Å². The molecule has 0 aliphatic carbocycles. The molecule has 3 radical (unpaired) electrons. The van der Waals surface area contributed by atoms with Crippen molar-refractivity contribution in [3.63, 3.8) is 0 Å². The topological polar surface area (TPSA) is 63.6 Å². The minimum Gasteiger partial charge on any atom is -0.509 e. The standard InChI is InChI=1S/C16H16N4.C8H12N4.C6H10N6.3Ir/c1-17-11-19(15-9-5-3-7-13(15)17)20-12-18(2)14-8-4-6-10-16(14)20;1-9-3-5-11(7-9)12-6-4-10(2)8-12;1-9-5-11(3-7-9)12-4-8-10(2)6-12;;;/h3-12H,1-2H3;3-8H,1-2H3;3-6H,1-2H3;;;/q3*-2;;;. The van der Waals surface area contributed by atoms with Crippen LogP contribution in [0.3, 0.4) is 0 Å². The molecule has 0 bridgehead atoms. The third-order valence-electron chi connectivity index (χ3n) is 7.13. The molecule has 2 aromatic carbocycles. The SMILES string of the molecule is CN1C=CN(N2C=CN(C)[CH-]2)[CH-]1.CN1[CH-]N(N2C=NN(C)[CH-]2)C=N1.CN1[CH-]N(N2[CH-]N(C)c3ccccc32)c2ccccc21.[Ir].[Ir].[Ir]. The zero-order valence-electron chi connectivity index (χ0n) is 26.8. The maximum Gasteiger partial charge on any atom is 0.0962 e. The Morgan fingerprint density at radius 3 is 1.09 bits per heavy atom. The van der Waals surface area contributed by atoms with E-state index in [0.29, 0.717) is 0 Å². The summed E-state index contributed by atoms with van der Waals surface area (Å²) in [5, 5.41) is 23.5. The van der Waals surface area contributed by atoms with E-state index >= 15 is 0 Å². The Balaban J connectivity index is 0.000000195. The maximum absolute atomic E-state index is 4.02. The van der Waals surface area contributed by atoms with Crippen LogP contribution in [-0.4, -0.2) is 94.8 Å². The predicted octanol–water partition coefficient (Wildman–Crippen LogP) is 3.14. The van der Waals surface area contributed by atoms with Crippen LogP contribution in [0.2, 0.25) is 0 Å². The fraction of sp³-hybridized carbons (Fsp3) is 0.200. The number of anilines is 4. The third-order valence-corrected chi connectivity index (χ3v) is 7.13. The normalized spacial score (nSPS) is 18.3. The summed E-state index contributed by atoms with van der Waals surface area (Å²) in [5.41, 5.74) is 4.81. The molecule has 6 heterocycles. The van der Waals surface area contributed by atoms with E-state index in [4.69, 9.17) is 0 Å². The van der Waals surface area contributed by atoms with Crippen molar-refractivity contribution < 1.29 is 60.3 Å². The molecule has 2 aromatic rings. The monoisotopic (exact) mass is 1170 g/mol. The van der Waals surface area contributed by atoms with Crippen molar-refractivity contribution in [3.05, 3.63) is 113 Å². The molecule has 0 fully saturated rings. The van der Waals surface area contributed by atoms with Crippen LogP contribution >= 0.6 is 0 Å². The molecule has 0 N–H and O–H groups in total. The summed E-state index contributed by atoms with van der Waals surface area (Å²) in [6.45, 7) is 11.9. The number of hydrazine groups is 3. The van der Waals surface area contributed by atoms with Crippen molar-refractivity contribution in [1.82, 2.24) is 39.9 Å². The number of rotatable bonds is 3. The van der Waals surface area contributed by atoms with Crippen LogP contribution in [0.4, 0.5) is 22.7 Å². The second-order valence-corrected chi connectivity index (χ2v) is 10.6. The first kappa shape index (κ1) is 38.3. The molecule has 0 saturated heterocycles. The van der Waals surface area contributed by atoms with E-state index in [0.717, 1.165) is 0 Å². The van der Waals surface area contributed by atoms with Gasteiger partial charge in [0.05, 0.1) is 12.7 Å². The van der Waals surface area contributed by atoms with Crippen LogP contribution in [0, 0.1) is 40.0 Å². The van der Waals surface area contributed by atoms with Crippen LogP contribution < -0.4 is 19.8 Å². The first-order valence-corrected chi connectivity index (χ1v) is 14.1. The van der Waals surface area contributed by atoms with Gasteiger partial charge in [-0.05, 0) is 79.0 Å². The van der Waals surface area contributed by atoms with E-state index in [9.17, 15) is 0 Å². The fourth-order valence-electron chi connectivity index (χ4n) is 4.95. The second kappa shape index (κ2) is 16.8. The molecule has 0 amide bonds. The number of nitrogens with zero attached hydrogens (tertiary/aromatic N) is 14. The van der Waals surface area contributed by atoms with Gasteiger partial charge in [0.1, 0.15) is 0 Å². The van der Waals surface area contributed by atoms with Gasteiger partial charge in [-0.2, -0.15) is 10.2 Å². The van der Waals surface area contributed by atoms with E-state index in [-0.39, 0.29) is 60.3 Å². The van der Waals surface area contributed by atoms with Crippen molar-refractivity contribution in [2.45, 2.75) is 0 Å². The Hall–Kier alpha value is -3.19. The molecule has 14 nitrogen and oxygen atoms in total. The molecule has 0 saturated carbocycles. The summed E-state index contributed by atoms with van der Waals surface area (Å²) >= 11 is 0. The van der Waals surface area contributed by atoms with E-state index in [1.54, 1.807) is 22.7 Å². The van der Waals surface area contributed by atoms with Gasteiger partial charge < -0.3 is 59.7 Å². The maximum atomic E-state index is 4.02. The van der Waals surface area contributed by atoms with Crippen molar-refractivity contribution in [2.24, 2.45) is 10.2 Å². The zero-order chi connectivity index (χ0) is 30.8. The fourth-order valence-corrected chi connectivity index (χ4v) is 4.95. The Kier molecular flexibility index (Phi) is 13.6. The van der Waals surface area contributed by atoms with Gasteiger partial charge in [0.25, 0.3) is 0 Å². The van der Waals surface area contributed by atoms with Gasteiger partial charge in [0.15, 0.2) is 0 Å². The Labute approximate surface area is 319 Å². The molecule has 6 aliphatic heterocycles. The second-order valence-electron chi connectivity index (χ2n) is 10.6. The molecule has 17 heteroatoms. The minimum atomic E-state index is 0.